The summed E-state index contributed by atoms with van der Waals surface area (Å²) in [5, 5.41) is 0. The Morgan fingerprint density at radius 3 is 2.41 bits per heavy atom. The summed E-state index contributed by atoms with van der Waals surface area (Å²) in [6.07, 6.45) is 1.94. The van der Waals surface area contributed by atoms with Gasteiger partial charge in [0.1, 0.15) is 5.60 Å². The molecule has 0 saturated carbocycles. The van der Waals surface area contributed by atoms with Crippen LogP contribution >= 0.6 is 0 Å². The van der Waals surface area contributed by atoms with Gasteiger partial charge in [-0.15, -0.1) is 0 Å². The van der Waals surface area contributed by atoms with E-state index < -0.39 is 5.60 Å². The van der Waals surface area contributed by atoms with Gasteiger partial charge in [0.2, 0.25) is 5.91 Å². The fourth-order valence-corrected chi connectivity index (χ4v) is 1.79. The highest BCUT2D eigenvalue weighted by Crippen LogP contribution is 2.23. The van der Waals surface area contributed by atoms with Crippen molar-refractivity contribution in [2.24, 2.45) is 11.7 Å². The summed E-state index contributed by atoms with van der Waals surface area (Å²) in [6.45, 7) is 7.03. The molecule has 1 aliphatic heterocycles. The third kappa shape index (κ3) is 5.06. The molecule has 0 atom stereocenters. The van der Waals surface area contributed by atoms with E-state index in [0.29, 0.717) is 12.3 Å². The van der Waals surface area contributed by atoms with E-state index in [0.717, 1.165) is 25.9 Å². The molecule has 2 amide bonds. The Bertz CT molecular complexity index is 291. The molecule has 98 valence electrons. The molecule has 0 spiro atoms. The maximum absolute atomic E-state index is 11.6. The second-order valence-corrected chi connectivity index (χ2v) is 5.61. The number of amides is 2. The van der Waals surface area contributed by atoms with Crippen molar-refractivity contribution < 1.29 is 14.3 Å². The molecule has 1 saturated heterocycles. The number of carbonyl (C=O) groups excluding carboxylic acids is 2. The lowest BCUT2D eigenvalue weighted by Gasteiger charge is -2.39. The van der Waals surface area contributed by atoms with Crippen molar-refractivity contribution >= 4 is 12.0 Å². The minimum absolute atomic E-state index is 0.247. The molecule has 1 fully saturated rings. The molecule has 2 N–H and O–H groups in total. The number of hydrogen-bond donors (Lipinski definition) is 1. The summed E-state index contributed by atoms with van der Waals surface area (Å²) in [4.78, 5) is 23.8. The number of hydrogen-bond acceptors (Lipinski definition) is 3. The molecule has 0 unspecified atom stereocenters. The first-order valence-corrected chi connectivity index (χ1v) is 6.04. The number of carbonyl (C=O) groups is 2. The summed E-state index contributed by atoms with van der Waals surface area (Å²) >= 11 is 0. The van der Waals surface area contributed by atoms with E-state index in [1.807, 2.05) is 20.8 Å². The molecule has 5 heteroatoms. The summed E-state index contributed by atoms with van der Waals surface area (Å²) in [7, 11) is 0. The Kier molecular flexibility index (Phi) is 4.37. The molecule has 5 nitrogen and oxygen atoms in total. The fourth-order valence-electron chi connectivity index (χ4n) is 1.79. The zero-order chi connectivity index (χ0) is 13.1. The molecule has 0 aromatic carbocycles. The average Bonchev–Trinajstić information content (AvgIpc) is 2.04. The summed E-state index contributed by atoms with van der Waals surface area (Å²) in [5.74, 6) is 0.232. The van der Waals surface area contributed by atoms with Crippen LogP contribution in [0, 0.1) is 5.92 Å². The van der Waals surface area contributed by atoms with E-state index in [4.69, 9.17) is 10.5 Å². The van der Waals surface area contributed by atoms with E-state index in [-0.39, 0.29) is 12.0 Å². The van der Waals surface area contributed by atoms with Gasteiger partial charge in [-0.3, -0.25) is 4.79 Å². The van der Waals surface area contributed by atoms with Crippen molar-refractivity contribution in [2.75, 3.05) is 13.1 Å². The summed E-state index contributed by atoms with van der Waals surface area (Å²) in [6, 6.07) is 0. The maximum Gasteiger partial charge on any atom is 0.410 e. The van der Waals surface area contributed by atoms with E-state index >= 15 is 0 Å². The monoisotopic (exact) mass is 242 g/mol. The quantitative estimate of drug-likeness (QED) is 0.812. The van der Waals surface area contributed by atoms with Crippen LogP contribution in [0.15, 0.2) is 0 Å². The zero-order valence-corrected chi connectivity index (χ0v) is 10.9. The first-order chi connectivity index (χ1) is 7.78. The topological polar surface area (TPSA) is 72.6 Å². The number of rotatable bonds is 4. The molecule has 17 heavy (non-hydrogen) atoms. The minimum atomic E-state index is -0.436. The van der Waals surface area contributed by atoms with Crippen molar-refractivity contribution in [2.45, 2.75) is 45.6 Å². The highest BCUT2D eigenvalue weighted by Gasteiger charge is 2.33. The molecular weight excluding hydrogens is 220 g/mol. The molecule has 0 aromatic heterocycles. The van der Waals surface area contributed by atoms with Gasteiger partial charge >= 0.3 is 6.09 Å². The third-order valence-electron chi connectivity index (χ3n) is 2.64. The van der Waals surface area contributed by atoms with Crippen LogP contribution in [0.2, 0.25) is 0 Å². The Labute approximate surface area is 102 Å². The number of primary amides is 1. The molecule has 0 radical (unpaired) electrons. The molecule has 1 aliphatic rings. The Morgan fingerprint density at radius 1 is 1.35 bits per heavy atom. The van der Waals surface area contributed by atoms with Gasteiger partial charge in [0.05, 0.1) is 0 Å². The standard InChI is InChI=1S/C12H22N2O3/c1-12(2,3)17-11(16)14-7-9(8-14)5-4-6-10(13)15/h9H,4-8H2,1-3H3,(H2,13,15). The normalized spacial score (nSPS) is 16.5. The van der Waals surface area contributed by atoms with Crippen LogP contribution in [0.3, 0.4) is 0 Å². The Hall–Kier alpha value is -1.26. The third-order valence-corrected chi connectivity index (χ3v) is 2.64. The zero-order valence-electron chi connectivity index (χ0n) is 10.9. The second-order valence-electron chi connectivity index (χ2n) is 5.61. The lowest BCUT2D eigenvalue weighted by molar-refractivity contribution is -0.118. The highest BCUT2D eigenvalue weighted by molar-refractivity contribution is 5.73. The lowest BCUT2D eigenvalue weighted by Crippen LogP contribution is -2.51. The number of nitrogens with two attached hydrogens (primary N) is 1. The molecule has 1 rings (SSSR count). The van der Waals surface area contributed by atoms with Gasteiger partial charge in [0.25, 0.3) is 0 Å². The first-order valence-electron chi connectivity index (χ1n) is 6.04. The van der Waals surface area contributed by atoms with Crippen molar-refractivity contribution in [3.05, 3.63) is 0 Å². The Morgan fingerprint density at radius 2 is 1.94 bits per heavy atom. The van der Waals surface area contributed by atoms with E-state index in [1.165, 1.54) is 0 Å². The van der Waals surface area contributed by atoms with Gasteiger partial charge in [0.15, 0.2) is 0 Å². The number of likely N-dealkylation sites (tertiary alicyclic amines) is 1. The van der Waals surface area contributed by atoms with E-state index in [2.05, 4.69) is 0 Å². The maximum atomic E-state index is 11.6. The Balaban J connectivity index is 2.14. The van der Waals surface area contributed by atoms with E-state index in [1.54, 1.807) is 4.90 Å². The van der Waals surface area contributed by atoms with Crippen molar-refractivity contribution in [1.82, 2.24) is 4.90 Å². The molecule has 0 aliphatic carbocycles. The van der Waals surface area contributed by atoms with Crippen LogP contribution in [0.1, 0.15) is 40.0 Å². The van der Waals surface area contributed by atoms with Crippen molar-refractivity contribution in [3.63, 3.8) is 0 Å². The predicted octanol–water partition coefficient (Wildman–Crippen LogP) is 1.51. The SMILES string of the molecule is CC(C)(C)OC(=O)N1CC(CCCC(N)=O)C1. The van der Waals surface area contributed by atoms with Crippen molar-refractivity contribution in [1.29, 1.82) is 0 Å². The van der Waals surface area contributed by atoms with Crippen LogP contribution < -0.4 is 5.73 Å². The molecular formula is C12H22N2O3. The van der Waals surface area contributed by atoms with Gasteiger partial charge in [-0.2, -0.15) is 0 Å². The van der Waals surface area contributed by atoms with Crippen LogP contribution in [0.25, 0.3) is 0 Å². The molecule has 0 bridgehead atoms. The van der Waals surface area contributed by atoms with Crippen molar-refractivity contribution in [3.8, 4) is 0 Å². The van der Waals surface area contributed by atoms with Gasteiger partial charge in [-0.05, 0) is 39.5 Å². The van der Waals surface area contributed by atoms with Crippen LogP contribution in [0.4, 0.5) is 4.79 Å². The van der Waals surface area contributed by atoms with E-state index in [9.17, 15) is 9.59 Å². The number of ether oxygens (including phenoxy) is 1. The summed E-state index contributed by atoms with van der Waals surface area (Å²) < 4.78 is 5.25. The van der Waals surface area contributed by atoms with Gasteiger partial charge in [0, 0.05) is 19.5 Å². The number of nitrogens with zero attached hydrogens (tertiary/aromatic N) is 1. The lowest BCUT2D eigenvalue weighted by atomic mass is 9.94. The largest absolute Gasteiger partial charge is 0.444 e. The second kappa shape index (κ2) is 5.38. The summed E-state index contributed by atoms with van der Waals surface area (Å²) in [5.41, 5.74) is 4.62. The van der Waals surface area contributed by atoms with Crippen LogP contribution in [-0.4, -0.2) is 35.6 Å². The van der Waals surface area contributed by atoms with Crippen LogP contribution in [-0.2, 0) is 9.53 Å². The van der Waals surface area contributed by atoms with Gasteiger partial charge in [-0.1, -0.05) is 0 Å². The smallest absolute Gasteiger partial charge is 0.410 e. The molecule has 0 aromatic rings. The van der Waals surface area contributed by atoms with Gasteiger partial charge < -0.3 is 15.4 Å². The van der Waals surface area contributed by atoms with Gasteiger partial charge in [-0.25, -0.2) is 4.79 Å². The molecule has 1 heterocycles. The predicted molar refractivity (Wildman–Crippen MR) is 64.3 cm³/mol. The first kappa shape index (κ1) is 13.8. The minimum Gasteiger partial charge on any atom is -0.444 e. The fraction of sp³-hybridized carbons (Fsp3) is 0.833. The highest BCUT2D eigenvalue weighted by atomic mass is 16.6. The van der Waals surface area contributed by atoms with Crippen LogP contribution in [0.5, 0.6) is 0 Å². The average molecular weight is 242 g/mol.